The van der Waals surface area contributed by atoms with Crippen LogP contribution in [0.3, 0.4) is 0 Å². The number of halogens is 3. The third-order valence-electron chi connectivity index (χ3n) is 3.30. The number of carbonyl (C=O) groups is 1. The first kappa shape index (κ1) is 17.8. The van der Waals surface area contributed by atoms with Crippen LogP contribution >= 0.6 is 0 Å². The van der Waals surface area contributed by atoms with Crippen LogP contribution in [0.5, 0.6) is 5.75 Å². The number of amides is 1. The normalized spacial score (nSPS) is 12.1. The molecule has 7 heteroatoms. The van der Waals surface area contributed by atoms with E-state index in [1.165, 1.54) is 36.4 Å². The van der Waals surface area contributed by atoms with Gasteiger partial charge in [0.2, 0.25) is 5.91 Å². The Hall–Kier alpha value is -2.54. The van der Waals surface area contributed by atoms with E-state index < -0.39 is 24.4 Å². The topological polar surface area (TPSA) is 58.6 Å². The fourth-order valence-corrected chi connectivity index (χ4v) is 2.12. The van der Waals surface area contributed by atoms with Crippen molar-refractivity contribution in [3.05, 3.63) is 59.4 Å². The molecule has 0 heterocycles. The number of ether oxygens (including phenoxy) is 1. The molecule has 1 unspecified atom stereocenters. The Bertz CT molecular complexity index is 722. The summed E-state index contributed by atoms with van der Waals surface area (Å²) in [5.41, 5.74) is 1.02. The zero-order valence-electron chi connectivity index (χ0n) is 12.8. The van der Waals surface area contributed by atoms with E-state index in [1.807, 2.05) is 0 Å². The van der Waals surface area contributed by atoms with Gasteiger partial charge in [0.1, 0.15) is 11.6 Å². The Kier molecular flexibility index (Phi) is 5.81. The van der Waals surface area contributed by atoms with Crippen LogP contribution in [0.4, 0.5) is 18.9 Å². The Labute approximate surface area is 136 Å². The first-order valence-electron chi connectivity index (χ1n) is 7.14. The van der Waals surface area contributed by atoms with Crippen LogP contribution in [0.1, 0.15) is 23.7 Å². The van der Waals surface area contributed by atoms with E-state index in [4.69, 9.17) is 0 Å². The van der Waals surface area contributed by atoms with Crippen LogP contribution in [0.15, 0.2) is 42.5 Å². The van der Waals surface area contributed by atoms with Gasteiger partial charge in [0, 0.05) is 11.8 Å². The van der Waals surface area contributed by atoms with Gasteiger partial charge in [-0.25, -0.2) is 4.39 Å². The number of anilines is 1. The molecule has 2 N–H and O–H groups in total. The summed E-state index contributed by atoms with van der Waals surface area (Å²) in [6.45, 7) is -1.37. The summed E-state index contributed by atoms with van der Waals surface area (Å²) in [5, 5.41) is 12.4. The standard InChI is InChI=1S/C17H16F3NO3/c1-10-5-6-13(8-15(10)24-17(19)20)21-16(23)9-14(22)11-3-2-4-12(18)7-11/h2-8,14,17,22H,9H2,1H3,(H,21,23). The van der Waals surface area contributed by atoms with Crippen molar-refractivity contribution >= 4 is 11.6 Å². The molecule has 128 valence electrons. The number of carbonyl (C=O) groups excluding carboxylic acids is 1. The van der Waals surface area contributed by atoms with Crippen LogP contribution < -0.4 is 10.1 Å². The summed E-state index contributed by atoms with van der Waals surface area (Å²) in [6.07, 6.45) is -1.48. The predicted octanol–water partition coefficient (Wildman–Crippen LogP) is 3.80. The van der Waals surface area contributed by atoms with Gasteiger partial charge in [-0.05, 0) is 36.2 Å². The molecule has 2 rings (SSSR count). The van der Waals surface area contributed by atoms with Crippen molar-refractivity contribution in [3.63, 3.8) is 0 Å². The molecule has 0 bridgehead atoms. The molecule has 0 aliphatic rings. The highest BCUT2D eigenvalue weighted by Crippen LogP contribution is 2.25. The van der Waals surface area contributed by atoms with Gasteiger partial charge >= 0.3 is 6.61 Å². The molecule has 0 saturated carbocycles. The quantitative estimate of drug-likeness (QED) is 0.842. The molecule has 0 aromatic heterocycles. The predicted molar refractivity (Wildman–Crippen MR) is 82.4 cm³/mol. The second-order valence-corrected chi connectivity index (χ2v) is 5.18. The summed E-state index contributed by atoms with van der Waals surface area (Å²) in [7, 11) is 0. The van der Waals surface area contributed by atoms with Crippen LogP contribution in [-0.4, -0.2) is 17.6 Å². The number of aliphatic hydroxyl groups excluding tert-OH is 1. The van der Waals surface area contributed by atoms with Gasteiger partial charge in [-0.15, -0.1) is 0 Å². The monoisotopic (exact) mass is 339 g/mol. The lowest BCUT2D eigenvalue weighted by Crippen LogP contribution is -2.16. The first-order chi connectivity index (χ1) is 11.3. The largest absolute Gasteiger partial charge is 0.434 e. The molecule has 0 aliphatic carbocycles. The number of aryl methyl sites for hydroxylation is 1. The maximum atomic E-state index is 13.1. The molecule has 1 amide bonds. The maximum Gasteiger partial charge on any atom is 0.387 e. The lowest BCUT2D eigenvalue weighted by Gasteiger charge is -2.13. The van der Waals surface area contributed by atoms with E-state index in [-0.39, 0.29) is 23.4 Å². The van der Waals surface area contributed by atoms with Crippen molar-refractivity contribution in [3.8, 4) is 5.75 Å². The second-order valence-electron chi connectivity index (χ2n) is 5.18. The number of alkyl halides is 2. The molecule has 1 atom stereocenters. The number of hydrogen-bond donors (Lipinski definition) is 2. The third kappa shape index (κ3) is 4.99. The highest BCUT2D eigenvalue weighted by Gasteiger charge is 2.15. The highest BCUT2D eigenvalue weighted by molar-refractivity contribution is 5.91. The minimum atomic E-state index is -2.97. The fourth-order valence-electron chi connectivity index (χ4n) is 2.12. The number of hydrogen-bond acceptors (Lipinski definition) is 3. The van der Waals surface area contributed by atoms with Gasteiger partial charge in [-0.3, -0.25) is 4.79 Å². The number of benzene rings is 2. The van der Waals surface area contributed by atoms with Crippen molar-refractivity contribution in [2.45, 2.75) is 26.1 Å². The second kappa shape index (κ2) is 7.83. The van der Waals surface area contributed by atoms with Crippen molar-refractivity contribution in [2.24, 2.45) is 0 Å². The Morgan fingerprint density at radius 3 is 2.67 bits per heavy atom. The molecule has 4 nitrogen and oxygen atoms in total. The van der Waals surface area contributed by atoms with Crippen molar-refractivity contribution in [1.82, 2.24) is 0 Å². The zero-order valence-corrected chi connectivity index (χ0v) is 12.8. The van der Waals surface area contributed by atoms with Crippen molar-refractivity contribution in [2.75, 3.05) is 5.32 Å². The molecule has 0 aliphatic heterocycles. The SMILES string of the molecule is Cc1ccc(NC(=O)CC(O)c2cccc(F)c2)cc1OC(F)F. The summed E-state index contributed by atoms with van der Waals surface area (Å²) < 4.78 is 42.1. The summed E-state index contributed by atoms with van der Waals surface area (Å²) >= 11 is 0. The minimum Gasteiger partial charge on any atom is -0.434 e. The maximum absolute atomic E-state index is 13.1. The molecule has 0 radical (unpaired) electrons. The summed E-state index contributed by atoms with van der Waals surface area (Å²) in [4.78, 5) is 11.9. The average molecular weight is 339 g/mol. The van der Waals surface area contributed by atoms with E-state index in [0.29, 0.717) is 5.56 Å². The number of nitrogens with one attached hydrogen (secondary N) is 1. The van der Waals surface area contributed by atoms with Crippen LogP contribution in [-0.2, 0) is 4.79 Å². The van der Waals surface area contributed by atoms with Gasteiger partial charge in [-0.1, -0.05) is 18.2 Å². The van der Waals surface area contributed by atoms with E-state index >= 15 is 0 Å². The van der Waals surface area contributed by atoms with Gasteiger partial charge in [-0.2, -0.15) is 8.78 Å². The van der Waals surface area contributed by atoms with Crippen LogP contribution in [0.2, 0.25) is 0 Å². The first-order valence-corrected chi connectivity index (χ1v) is 7.14. The lowest BCUT2D eigenvalue weighted by atomic mass is 10.1. The molecule has 0 fully saturated rings. The molecule has 24 heavy (non-hydrogen) atoms. The van der Waals surface area contributed by atoms with Gasteiger partial charge < -0.3 is 15.2 Å². The number of rotatable bonds is 6. The Morgan fingerprint density at radius 2 is 2.00 bits per heavy atom. The lowest BCUT2D eigenvalue weighted by molar-refractivity contribution is -0.118. The van der Waals surface area contributed by atoms with Crippen LogP contribution in [0, 0.1) is 12.7 Å². The average Bonchev–Trinajstić information content (AvgIpc) is 2.50. The van der Waals surface area contributed by atoms with E-state index in [9.17, 15) is 23.1 Å². The molecular weight excluding hydrogens is 323 g/mol. The fraction of sp³-hybridized carbons (Fsp3) is 0.235. The smallest absolute Gasteiger partial charge is 0.387 e. The van der Waals surface area contributed by atoms with E-state index in [2.05, 4.69) is 10.1 Å². The molecule has 0 saturated heterocycles. The van der Waals surface area contributed by atoms with Crippen molar-refractivity contribution in [1.29, 1.82) is 0 Å². The van der Waals surface area contributed by atoms with Gasteiger partial charge in [0.05, 0.1) is 12.5 Å². The Balaban J connectivity index is 2.01. The zero-order chi connectivity index (χ0) is 17.7. The number of aliphatic hydroxyl groups is 1. The molecule has 2 aromatic rings. The minimum absolute atomic E-state index is 0.0477. The summed E-state index contributed by atoms with van der Waals surface area (Å²) in [6, 6.07) is 9.62. The third-order valence-corrected chi connectivity index (χ3v) is 3.30. The van der Waals surface area contributed by atoms with E-state index in [1.54, 1.807) is 6.92 Å². The van der Waals surface area contributed by atoms with Gasteiger partial charge in [0.25, 0.3) is 0 Å². The van der Waals surface area contributed by atoms with Gasteiger partial charge in [0.15, 0.2) is 0 Å². The molecule has 0 spiro atoms. The Morgan fingerprint density at radius 1 is 1.25 bits per heavy atom. The summed E-state index contributed by atoms with van der Waals surface area (Å²) in [5.74, 6) is -1.11. The van der Waals surface area contributed by atoms with Crippen molar-refractivity contribution < 1.29 is 27.8 Å². The molecule has 2 aromatic carbocycles. The highest BCUT2D eigenvalue weighted by atomic mass is 19.3. The van der Waals surface area contributed by atoms with Crippen LogP contribution in [0.25, 0.3) is 0 Å². The molecular formula is C17H16F3NO3. The van der Waals surface area contributed by atoms with E-state index in [0.717, 1.165) is 6.07 Å².